The number of nitrogens with zero attached hydrogens (tertiary/aromatic N) is 1. The third kappa shape index (κ3) is 2.86. The standard InChI is InChI=1S/C12H10ClFN2OS/c1-7(17)15-12-16-11(6-18-12)8-2-3-10(13)9(4-8)5-14/h2-4,6H,5H2,1H3,(H,15,16,17). The zero-order chi connectivity index (χ0) is 13.1. The lowest BCUT2D eigenvalue weighted by atomic mass is 10.1. The number of hydrogen-bond donors (Lipinski definition) is 1. The molecule has 1 aromatic carbocycles. The Labute approximate surface area is 113 Å². The molecule has 94 valence electrons. The Kier molecular flexibility index (Phi) is 3.93. The van der Waals surface area contributed by atoms with E-state index in [4.69, 9.17) is 11.6 Å². The molecule has 1 heterocycles. The highest BCUT2D eigenvalue weighted by atomic mass is 35.5. The van der Waals surface area contributed by atoms with Crippen molar-refractivity contribution in [2.24, 2.45) is 0 Å². The number of anilines is 1. The Morgan fingerprint density at radius 2 is 2.33 bits per heavy atom. The second-order valence-corrected chi connectivity index (χ2v) is 4.92. The van der Waals surface area contributed by atoms with Crippen LogP contribution in [0.15, 0.2) is 23.6 Å². The summed E-state index contributed by atoms with van der Waals surface area (Å²) in [5.41, 5.74) is 1.90. The van der Waals surface area contributed by atoms with Crippen LogP contribution in [0.4, 0.5) is 9.52 Å². The summed E-state index contributed by atoms with van der Waals surface area (Å²) in [6.45, 7) is 0.805. The van der Waals surface area contributed by atoms with Crippen molar-refractivity contribution in [3.05, 3.63) is 34.2 Å². The van der Waals surface area contributed by atoms with E-state index in [1.807, 2.05) is 0 Å². The maximum absolute atomic E-state index is 12.7. The van der Waals surface area contributed by atoms with Gasteiger partial charge in [-0.05, 0) is 12.1 Å². The SMILES string of the molecule is CC(=O)Nc1nc(-c2ccc(Cl)c(CF)c2)cs1. The maximum Gasteiger partial charge on any atom is 0.223 e. The number of amides is 1. The van der Waals surface area contributed by atoms with Gasteiger partial charge in [0.25, 0.3) is 0 Å². The van der Waals surface area contributed by atoms with Gasteiger partial charge in [0.05, 0.1) is 5.69 Å². The summed E-state index contributed by atoms with van der Waals surface area (Å²) in [6.07, 6.45) is 0. The molecule has 0 atom stereocenters. The van der Waals surface area contributed by atoms with E-state index in [9.17, 15) is 9.18 Å². The second-order valence-electron chi connectivity index (χ2n) is 3.66. The number of carbonyl (C=O) groups is 1. The lowest BCUT2D eigenvalue weighted by molar-refractivity contribution is -0.114. The first-order valence-corrected chi connectivity index (χ1v) is 6.44. The summed E-state index contributed by atoms with van der Waals surface area (Å²) in [5.74, 6) is -0.170. The number of hydrogen-bond acceptors (Lipinski definition) is 3. The van der Waals surface area contributed by atoms with Gasteiger partial charge in [0, 0.05) is 28.5 Å². The van der Waals surface area contributed by atoms with Gasteiger partial charge in [-0.25, -0.2) is 9.37 Å². The molecule has 1 N–H and O–H groups in total. The molecule has 1 aromatic heterocycles. The predicted octanol–water partition coefficient (Wildman–Crippen LogP) is 3.89. The van der Waals surface area contributed by atoms with Gasteiger partial charge in [0.1, 0.15) is 6.67 Å². The first-order valence-electron chi connectivity index (χ1n) is 5.18. The number of alkyl halides is 1. The smallest absolute Gasteiger partial charge is 0.223 e. The molecule has 6 heteroatoms. The first-order chi connectivity index (χ1) is 8.60. The second kappa shape index (κ2) is 5.46. The molecule has 0 bridgehead atoms. The van der Waals surface area contributed by atoms with Gasteiger partial charge in [-0.2, -0.15) is 0 Å². The minimum atomic E-state index is -0.616. The Bertz CT molecular complexity index is 585. The summed E-state index contributed by atoms with van der Waals surface area (Å²) in [5, 5.41) is 5.33. The molecule has 0 aliphatic rings. The van der Waals surface area contributed by atoms with Crippen LogP contribution in [-0.4, -0.2) is 10.9 Å². The van der Waals surface area contributed by atoms with Crippen molar-refractivity contribution in [3.63, 3.8) is 0 Å². The van der Waals surface area contributed by atoms with Crippen LogP contribution >= 0.6 is 22.9 Å². The topological polar surface area (TPSA) is 42.0 Å². The summed E-state index contributed by atoms with van der Waals surface area (Å²) >= 11 is 7.16. The van der Waals surface area contributed by atoms with Crippen LogP contribution in [0.1, 0.15) is 12.5 Å². The normalized spacial score (nSPS) is 10.4. The van der Waals surface area contributed by atoms with Crippen molar-refractivity contribution in [1.29, 1.82) is 0 Å². The zero-order valence-corrected chi connectivity index (χ0v) is 11.1. The minimum Gasteiger partial charge on any atom is -0.302 e. The minimum absolute atomic E-state index is 0.170. The molecule has 0 spiro atoms. The van der Waals surface area contributed by atoms with Gasteiger partial charge in [0.15, 0.2) is 5.13 Å². The van der Waals surface area contributed by atoms with Crippen molar-refractivity contribution in [2.45, 2.75) is 13.6 Å². The largest absolute Gasteiger partial charge is 0.302 e. The summed E-state index contributed by atoms with van der Waals surface area (Å²) in [4.78, 5) is 15.1. The Balaban J connectivity index is 2.31. The van der Waals surface area contributed by atoms with E-state index in [0.717, 1.165) is 5.56 Å². The monoisotopic (exact) mass is 284 g/mol. The highest BCUT2D eigenvalue weighted by Gasteiger charge is 2.08. The number of rotatable bonds is 3. The molecule has 1 amide bonds. The van der Waals surface area contributed by atoms with Gasteiger partial charge in [-0.1, -0.05) is 17.7 Å². The van der Waals surface area contributed by atoms with E-state index in [0.29, 0.717) is 21.4 Å². The molecule has 0 saturated carbocycles. The van der Waals surface area contributed by atoms with Crippen molar-refractivity contribution in [3.8, 4) is 11.3 Å². The van der Waals surface area contributed by atoms with Crippen molar-refractivity contribution in [1.82, 2.24) is 4.98 Å². The molecule has 0 fully saturated rings. The molecule has 18 heavy (non-hydrogen) atoms. The quantitative estimate of drug-likeness (QED) is 0.929. The van der Waals surface area contributed by atoms with E-state index >= 15 is 0 Å². The molecule has 2 aromatic rings. The fourth-order valence-corrected chi connectivity index (χ4v) is 2.38. The summed E-state index contributed by atoms with van der Waals surface area (Å²) < 4.78 is 12.7. The van der Waals surface area contributed by atoms with E-state index in [-0.39, 0.29) is 5.91 Å². The van der Waals surface area contributed by atoms with Crippen LogP contribution in [0.3, 0.4) is 0 Å². The van der Waals surface area contributed by atoms with Crippen LogP contribution in [-0.2, 0) is 11.5 Å². The van der Waals surface area contributed by atoms with E-state index in [1.165, 1.54) is 18.3 Å². The average Bonchev–Trinajstić information content (AvgIpc) is 2.77. The van der Waals surface area contributed by atoms with Crippen LogP contribution in [0, 0.1) is 0 Å². The van der Waals surface area contributed by atoms with E-state index in [1.54, 1.807) is 23.6 Å². The van der Waals surface area contributed by atoms with Crippen LogP contribution < -0.4 is 5.32 Å². The Hall–Kier alpha value is -1.46. The van der Waals surface area contributed by atoms with E-state index < -0.39 is 6.67 Å². The van der Waals surface area contributed by atoms with Crippen molar-refractivity contribution in [2.75, 3.05) is 5.32 Å². The molecule has 0 unspecified atom stereocenters. The fourth-order valence-electron chi connectivity index (χ4n) is 1.45. The number of thiazole rings is 1. The van der Waals surface area contributed by atoms with Gasteiger partial charge in [0.2, 0.25) is 5.91 Å². The molecule has 0 saturated heterocycles. The maximum atomic E-state index is 12.7. The molecule has 0 aliphatic heterocycles. The molecule has 0 aliphatic carbocycles. The first kappa shape index (κ1) is 13.0. The third-order valence-electron chi connectivity index (χ3n) is 2.27. The number of nitrogens with one attached hydrogen (secondary N) is 1. The van der Waals surface area contributed by atoms with Gasteiger partial charge < -0.3 is 5.32 Å². The van der Waals surface area contributed by atoms with Crippen molar-refractivity contribution >= 4 is 34.0 Å². The Morgan fingerprint density at radius 1 is 1.56 bits per heavy atom. The lowest BCUT2D eigenvalue weighted by Gasteiger charge is -2.02. The van der Waals surface area contributed by atoms with Gasteiger partial charge in [-0.3, -0.25) is 4.79 Å². The van der Waals surface area contributed by atoms with Gasteiger partial charge >= 0.3 is 0 Å². The highest BCUT2D eigenvalue weighted by molar-refractivity contribution is 7.14. The molecular formula is C12H10ClFN2OS. The van der Waals surface area contributed by atoms with Gasteiger partial charge in [-0.15, -0.1) is 11.3 Å². The molecule has 2 rings (SSSR count). The number of benzene rings is 1. The Morgan fingerprint density at radius 3 is 3.00 bits per heavy atom. The highest BCUT2D eigenvalue weighted by Crippen LogP contribution is 2.28. The zero-order valence-electron chi connectivity index (χ0n) is 9.54. The summed E-state index contributed by atoms with van der Waals surface area (Å²) in [6, 6.07) is 5.08. The van der Waals surface area contributed by atoms with Crippen molar-refractivity contribution < 1.29 is 9.18 Å². The molecular weight excluding hydrogens is 275 g/mol. The van der Waals surface area contributed by atoms with E-state index in [2.05, 4.69) is 10.3 Å². The number of carbonyl (C=O) groups excluding carboxylic acids is 1. The van der Waals surface area contributed by atoms with Crippen LogP contribution in [0.25, 0.3) is 11.3 Å². The number of halogens is 2. The average molecular weight is 285 g/mol. The van der Waals surface area contributed by atoms with Crippen LogP contribution in [0.2, 0.25) is 5.02 Å². The lowest BCUT2D eigenvalue weighted by Crippen LogP contribution is -2.04. The molecule has 3 nitrogen and oxygen atoms in total. The van der Waals surface area contributed by atoms with Crippen LogP contribution in [0.5, 0.6) is 0 Å². The fraction of sp³-hybridized carbons (Fsp3) is 0.167. The molecule has 0 radical (unpaired) electrons. The summed E-state index contributed by atoms with van der Waals surface area (Å²) in [7, 11) is 0. The number of aromatic nitrogens is 1. The predicted molar refractivity (Wildman–Crippen MR) is 71.7 cm³/mol. The third-order valence-corrected chi connectivity index (χ3v) is 3.40.